The van der Waals surface area contributed by atoms with Gasteiger partial charge >= 0.3 is 0 Å². The predicted molar refractivity (Wildman–Crippen MR) is 68.6 cm³/mol. The highest BCUT2D eigenvalue weighted by Crippen LogP contribution is 2.41. The molecule has 2 heteroatoms. The lowest BCUT2D eigenvalue weighted by Gasteiger charge is -2.33. The molecule has 2 atom stereocenters. The number of benzene rings is 1. The van der Waals surface area contributed by atoms with E-state index >= 15 is 0 Å². The maximum Gasteiger partial charge on any atom is 0.153 e. The average molecular weight is 232 g/mol. The summed E-state index contributed by atoms with van der Waals surface area (Å²) in [4.78, 5) is 10.8. The van der Waals surface area contributed by atoms with Crippen molar-refractivity contribution in [3.8, 4) is 5.75 Å². The van der Waals surface area contributed by atoms with Crippen molar-refractivity contribution in [1.82, 2.24) is 0 Å². The third-order valence-corrected chi connectivity index (χ3v) is 4.13. The van der Waals surface area contributed by atoms with Gasteiger partial charge < -0.3 is 5.11 Å². The van der Waals surface area contributed by atoms with Crippen molar-refractivity contribution >= 4 is 6.29 Å². The highest BCUT2D eigenvalue weighted by molar-refractivity contribution is 5.80. The Hall–Kier alpha value is -1.31. The van der Waals surface area contributed by atoms with E-state index in [1.54, 1.807) is 0 Å². The Morgan fingerprint density at radius 2 is 2.12 bits per heavy atom. The van der Waals surface area contributed by atoms with E-state index in [1.165, 1.54) is 24.0 Å². The van der Waals surface area contributed by atoms with Crippen LogP contribution in [0.1, 0.15) is 60.5 Å². The van der Waals surface area contributed by atoms with E-state index in [2.05, 4.69) is 13.8 Å². The van der Waals surface area contributed by atoms with Crippen molar-refractivity contribution in [3.05, 3.63) is 28.8 Å². The number of phenols is 1. The molecular formula is C15H20O2. The number of hydrogen-bond donors (Lipinski definition) is 1. The highest BCUT2D eigenvalue weighted by Gasteiger charge is 2.27. The van der Waals surface area contributed by atoms with Crippen LogP contribution in [0.4, 0.5) is 0 Å². The van der Waals surface area contributed by atoms with Crippen LogP contribution < -0.4 is 0 Å². The zero-order chi connectivity index (χ0) is 12.4. The minimum absolute atomic E-state index is 0.133. The fraction of sp³-hybridized carbons (Fsp3) is 0.533. The van der Waals surface area contributed by atoms with Crippen LogP contribution >= 0.6 is 0 Å². The third kappa shape index (κ3) is 2.08. The van der Waals surface area contributed by atoms with Crippen molar-refractivity contribution in [1.29, 1.82) is 0 Å². The van der Waals surface area contributed by atoms with Crippen LogP contribution in [-0.4, -0.2) is 11.4 Å². The summed E-state index contributed by atoms with van der Waals surface area (Å²) in [6, 6.07) is 3.68. The molecule has 0 aromatic heterocycles. The van der Waals surface area contributed by atoms with E-state index in [9.17, 15) is 9.90 Å². The number of aldehydes is 1. The van der Waals surface area contributed by atoms with Gasteiger partial charge in [-0.1, -0.05) is 20.3 Å². The quantitative estimate of drug-likeness (QED) is 0.807. The molecule has 0 amide bonds. The monoisotopic (exact) mass is 232 g/mol. The van der Waals surface area contributed by atoms with Crippen molar-refractivity contribution in [3.63, 3.8) is 0 Å². The molecule has 0 fully saturated rings. The van der Waals surface area contributed by atoms with Gasteiger partial charge in [-0.2, -0.15) is 0 Å². The second-order valence-corrected chi connectivity index (χ2v) is 4.95. The van der Waals surface area contributed by atoms with Gasteiger partial charge in [0.15, 0.2) is 6.29 Å². The van der Waals surface area contributed by atoms with Gasteiger partial charge in [-0.3, -0.25) is 4.79 Å². The minimum atomic E-state index is 0.133. The maximum absolute atomic E-state index is 10.8. The van der Waals surface area contributed by atoms with Gasteiger partial charge in [-0.15, -0.1) is 0 Å². The number of phenolic OH excluding ortho intramolecular Hbond substituents is 1. The molecule has 2 nitrogen and oxygen atoms in total. The van der Waals surface area contributed by atoms with E-state index < -0.39 is 0 Å². The molecule has 0 saturated heterocycles. The molecular weight excluding hydrogens is 212 g/mol. The molecule has 2 rings (SSSR count). The Bertz CT molecular complexity index is 423. The van der Waals surface area contributed by atoms with Gasteiger partial charge in [0.1, 0.15) is 5.75 Å². The second kappa shape index (κ2) is 4.91. The van der Waals surface area contributed by atoms with Gasteiger partial charge in [-0.05, 0) is 54.4 Å². The topological polar surface area (TPSA) is 37.3 Å². The molecule has 0 aliphatic heterocycles. The number of hydrogen-bond acceptors (Lipinski definition) is 2. The largest absolute Gasteiger partial charge is 0.507 e. The van der Waals surface area contributed by atoms with Crippen molar-refractivity contribution in [2.75, 3.05) is 0 Å². The fourth-order valence-electron chi connectivity index (χ4n) is 3.16. The summed E-state index contributed by atoms with van der Waals surface area (Å²) < 4.78 is 0. The van der Waals surface area contributed by atoms with Crippen LogP contribution in [0.2, 0.25) is 0 Å². The molecule has 1 aliphatic carbocycles. The summed E-state index contributed by atoms with van der Waals surface area (Å²) in [5.41, 5.74) is 2.93. The zero-order valence-corrected chi connectivity index (χ0v) is 10.6. The Labute approximate surface area is 103 Å². The summed E-state index contributed by atoms with van der Waals surface area (Å²) in [5, 5.41) is 9.81. The number of carbonyl (C=O) groups excluding carboxylic acids is 1. The Morgan fingerprint density at radius 3 is 2.71 bits per heavy atom. The number of aryl methyl sites for hydroxylation is 1. The average Bonchev–Trinajstić information content (AvgIpc) is 2.36. The van der Waals surface area contributed by atoms with E-state index in [4.69, 9.17) is 0 Å². The highest BCUT2D eigenvalue weighted by atomic mass is 16.3. The SMILES string of the molecule is CCC1CCc2cc(C=O)c(O)cc2C1CC. The third-order valence-electron chi connectivity index (χ3n) is 4.13. The van der Waals surface area contributed by atoms with E-state index in [0.717, 1.165) is 19.1 Å². The van der Waals surface area contributed by atoms with E-state index in [1.807, 2.05) is 12.1 Å². The number of fused-ring (bicyclic) bond motifs is 1. The molecule has 1 aromatic carbocycles. The predicted octanol–water partition coefficient (Wildman–Crippen LogP) is 3.67. The van der Waals surface area contributed by atoms with Crippen LogP contribution in [0.25, 0.3) is 0 Å². The number of carbonyl (C=O) groups is 1. The molecule has 1 N–H and O–H groups in total. The van der Waals surface area contributed by atoms with Crippen LogP contribution in [0.3, 0.4) is 0 Å². The lowest BCUT2D eigenvalue weighted by molar-refractivity contribution is 0.112. The first-order chi connectivity index (χ1) is 8.21. The first-order valence-electron chi connectivity index (χ1n) is 6.52. The lowest BCUT2D eigenvalue weighted by atomic mass is 9.72. The van der Waals surface area contributed by atoms with Crippen molar-refractivity contribution in [2.24, 2.45) is 5.92 Å². The molecule has 0 spiro atoms. The maximum atomic E-state index is 10.8. The Balaban J connectivity index is 2.46. The molecule has 0 radical (unpaired) electrons. The summed E-state index contributed by atoms with van der Waals surface area (Å²) >= 11 is 0. The minimum Gasteiger partial charge on any atom is -0.507 e. The molecule has 0 saturated carbocycles. The molecule has 92 valence electrons. The van der Waals surface area contributed by atoms with Crippen LogP contribution in [0.5, 0.6) is 5.75 Å². The van der Waals surface area contributed by atoms with Crippen molar-refractivity contribution < 1.29 is 9.90 Å². The van der Waals surface area contributed by atoms with Gasteiger partial charge in [0.05, 0.1) is 5.56 Å². The van der Waals surface area contributed by atoms with Gasteiger partial charge in [-0.25, -0.2) is 0 Å². The summed E-state index contributed by atoms with van der Waals surface area (Å²) in [5.74, 6) is 1.39. The van der Waals surface area contributed by atoms with Gasteiger partial charge in [0, 0.05) is 0 Å². The molecule has 0 bridgehead atoms. The van der Waals surface area contributed by atoms with Crippen LogP contribution in [0, 0.1) is 5.92 Å². The summed E-state index contributed by atoms with van der Waals surface area (Å²) in [6.07, 6.45) is 5.26. The molecule has 1 aromatic rings. The van der Waals surface area contributed by atoms with E-state index in [-0.39, 0.29) is 5.75 Å². The van der Waals surface area contributed by atoms with Crippen LogP contribution in [-0.2, 0) is 6.42 Å². The fourth-order valence-corrected chi connectivity index (χ4v) is 3.16. The molecule has 0 heterocycles. The standard InChI is InChI=1S/C15H20O2/c1-3-10-5-6-11-7-12(9-16)15(17)8-14(11)13(10)4-2/h7-10,13,17H,3-6H2,1-2H3. The Kier molecular flexibility index (Phi) is 3.51. The first kappa shape index (κ1) is 12.2. The van der Waals surface area contributed by atoms with E-state index in [0.29, 0.717) is 17.4 Å². The van der Waals surface area contributed by atoms with Crippen molar-refractivity contribution in [2.45, 2.75) is 45.4 Å². The van der Waals surface area contributed by atoms with Gasteiger partial charge in [0.25, 0.3) is 0 Å². The molecule has 1 aliphatic rings. The zero-order valence-electron chi connectivity index (χ0n) is 10.6. The van der Waals surface area contributed by atoms with Gasteiger partial charge in [0.2, 0.25) is 0 Å². The lowest BCUT2D eigenvalue weighted by Crippen LogP contribution is -2.20. The summed E-state index contributed by atoms with van der Waals surface area (Å²) in [6.45, 7) is 4.44. The number of rotatable bonds is 3. The molecule has 17 heavy (non-hydrogen) atoms. The first-order valence-corrected chi connectivity index (χ1v) is 6.52. The smallest absolute Gasteiger partial charge is 0.153 e. The summed E-state index contributed by atoms with van der Waals surface area (Å²) in [7, 11) is 0. The number of aromatic hydroxyl groups is 1. The van der Waals surface area contributed by atoms with Crippen LogP contribution in [0.15, 0.2) is 12.1 Å². The molecule has 2 unspecified atom stereocenters. The second-order valence-electron chi connectivity index (χ2n) is 4.95. The Morgan fingerprint density at radius 1 is 1.35 bits per heavy atom. The normalized spacial score (nSPS) is 23.2.